The number of halogens is 1. The van der Waals surface area contributed by atoms with Crippen LogP contribution in [0.25, 0.3) is 11.5 Å². The van der Waals surface area contributed by atoms with Crippen molar-refractivity contribution < 1.29 is 18.7 Å². The lowest BCUT2D eigenvalue weighted by atomic mass is 9.87. The molecule has 7 heteroatoms. The molecule has 1 aromatic heterocycles. The van der Waals surface area contributed by atoms with Gasteiger partial charge in [0.2, 0.25) is 5.89 Å². The third-order valence-corrected chi connectivity index (χ3v) is 4.24. The molecule has 0 bridgehead atoms. The van der Waals surface area contributed by atoms with E-state index in [1.807, 2.05) is 24.3 Å². The van der Waals surface area contributed by atoms with E-state index in [-0.39, 0.29) is 24.5 Å². The maximum Gasteiger partial charge on any atom is 0.437 e. The zero-order valence-corrected chi connectivity index (χ0v) is 16.1. The number of aliphatic hydroxyl groups is 1. The van der Waals surface area contributed by atoms with Gasteiger partial charge < -0.3 is 14.3 Å². The number of ether oxygens (including phenoxy) is 1. The van der Waals surface area contributed by atoms with Gasteiger partial charge in [-0.15, -0.1) is 5.10 Å². The van der Waals surface area contributed by atoms with E-state index in [2.05, 4.69) is 25.9 Å². The number of rotatable bonds is 6. The molecule has 0 aliphatic heterocycles. The molecule has 0 radical (unpaired) electrons. The van der Waals surface area contributed by atoms with E-state index in [1.165, 1.54) is 29.8 Å². The Hall–Kier alpha value is -2.93. The van der Waals surface area contributed by atoms with E-state index in [9.17, 15) is 14.3 Å². The molecular weight excluding hydrogens is 363 g/mol. The standard InChI is InChI=1S/C21H23FN2O4/c1-21(2,3)15-6-10-18(11-7-15)27-13-17(25)12-24-20(26)28-19(23-24)14-4-8-16(22)9-5-14/h4-11,17,25H,12-13H2,1-3H3/t17-/m1/s1. The van der Waals surface area contributed by atoms with Crippen LogP contribution in [-0.4, -0.2) is 27.6 Å². The van der Waals surface area contributed by atoms with Gasteiger partial charge in [0, 0.05) is 5.56 Å². The molecule has 3 aromatic rings. The lowest BCUT2D eigenvalue weighted by Gasteiger charge is -2.19. The zero-order chi connectivity index (χ0) is 20.3. The maximum atomic E-state index is 13.0. The zero-order valence-electron chi connectivity index (χ0n) is 16.1. The number of aromatic nitrogens is 2. The summed E-state index contributed by atoms with van der Waals surface area (Å²) in [6, 6.07) is 13.1. The fourth-order valence-corrected chi connectivity index (χ4v) is 2.63. The second-order valence-electron chi connectivity index (χ2n) is 7.60. The summed E-state index contributed by atoms with van der Waals surface area (Å²) in [5.41, 5.74) is 1.71. The summed E-state index contributed by atoms with van der Waals surface area (Å²) < 4.78 is 24.7. The predicted octanol–water partition coefficient (Wildman–Crippen LogP) is 3.38. The van der Waals surface area contributed by atoms with Crippen LogP contribution in [0.3, 0.4) is 0 Å². The molecule has 0 unspecified atom stereocenters. The van der Waals surface area contributed by atoms with E-state index < -0.39 is 17.7 Å². The lowest BCUT2D eigenvalue weighted by molar-refractivity contribution is 0.0875. The van der Waals surface area contributed by atoms with Crippen molar-refractivity contribution in [1.82, 2.24) is 9.78 Å². The Labute approximate surface area is 162 Å². The van der Waals surface area contributed by atoms with E-state index in [1.54, 1.807) is 0 Å². The van der Waals surface area contributed by atoms with Crippen LogP contribution in [0.1, 0.15) is 26.3 Å². The number of aliphatic hydroxyl groups excluding tert-OH is 1. The van der Waals surface area contributed by atoms with Gasteiger partial charge in [-0.3, -0.25) is 0 Å². The van der Waals surface area contributed by atoms with Gasteiger partial charge in [-0.1, -0.05) is 32.9 Å². The molecule has 28 heavy (non-hydrogen) atoms. The van der Waals surface area contributed by atoms with E-state index >= 15 is 0 Å². The summed E-state index contributed by atoms with van der Waals surface area (Å²) in [6.07, 6.45) is -0.953. The van der Waals surface area contributed by atoms with Crippen molar-refractivity contribution >= 4 is 0 Å². The van der Waals surface area contributed by atoms with Crippen molar-refractivity contribution in [1.29, 1.82) is 0 Å². The van der Waals surface area contributed by atoms with Crippen molar-refractivity contribution in [2.45, 2.75) is 38.8 Å². The quantitative estimate of drug-likeness (QED) is 0.703. The molecule has 0 saturated heterocycles. The summed E-state index contributed by atoms with van der Waals surface area (Å²) in [5.74, 6) is -0.399. The Morgan fingerprint density at radius 3 is 2.39 bits per heavy atom. The molecule has 148 valence electrons. The normalized spacial score (nSPS) is 12.8. The molecule has 6 nitrogen and oxygen atoms in total. The minimum Gasteiger partial charge on any atom is -0.491 e. The smallest absolute Gasteiger partial charge is 0.437 e. The topological polar surface area (TPSA) is 77.5 Å². The number of benzene rings is 2. The van der Waals surface area contributed by atoms with Crippen LogP contribution in [-0.2, 0) is 12.0 Å². The molecule has 0 aliphatic carbocycles. The van der Waals surface area contributed by atoms with Crippen LogP contribution in [0.2, 0.25) is 0 Å². The molecule has 0 saturated carbocycles. The van der Waals surface area contributed by atoms with Gasteiger partial charge >= 0.3 is 5.76 Å². The summed E-state index contributed by atoms with van der Waals surface area (Å²) in [4.78, 5) is 11.9. The predicted molar refractivity (Wildman–Crippen MR) is 103 cm³/mol. The third-order valence-electron chi connectivity index (χ3n) is 4.24. The van der Waals surface area contributed by atoms with Crippen LogP contribution in [0.5, 0.6) is 5.75 Å². The van der Waals surface area contributed by atoms with Gasteiger partial charge in [0.1, 0.15) is 24.3 Å². The monoisotopic (exact) mass is 386 g/mol. The fourth-order valence-electron chi connectivity index (χ4n) is 2.63. The summed E-state index contributed by atoms with van der Waals surface area (Å²) in [5, 5.41) is 14.2. The maximum absolute atomic E-state index is 13.0. The van der Waals surface area contributed by atoms with Crippen LogP contribution in [0.4, 0.5) is 4.39 Å². The second-order valence-corrected chi connectivity index (χ2v) is 7.60. The van der Waals surface area contributed by atoms with Gasteiger partial charge in [-0.25, -0.2) is 9.18 Å². The lowest BCUT2D eigenvalue weighted by Crippen LogP contribution is -2.29. The second kappa shape index (κ2) is 7.98. The fraction of sp³-hybridized carbons (Fsp3) is 0.333. The molecule has 0 spiro atoms. The van der Waals surface area contributed by atoms with Crippen molar-refractivity contribution in [3.8, 4) is 17.2 Å². The summed E-state index contributed by atoms with van der Waals surface area (Å²) >= 11 is 0. The van der Waals surface area contributed by atoms with Gasteiger partial charge in [0.15, 0.2) is 0 Å². The molecule has 0 fully saturated rings. The Morgan fingerprint density at radius 2 is 1.79 bits per heavy atom. The average molecular weight is 386 g/mol. The van der Waals surface area contributed by atoms with E-state index in [4.69, 9.17) is 9.15 Å². The molecule has 0 aliphatic rings. The van der Waals surface area contributed by atoms with Gasteiger partial charge in [0.25, 0.3) is 0 Å². The van der Waals surface area contributed by atoms with Crippen molar-refractivity contribution in [2.24, 2.45) is 0 Å². The summed E-state index contributed by atoms with van der Waals surface area (Å²) in [6.45, 7) is 6.30. The first kappa shape index (κ1) is 19.8. The molecule has 0 amide bonds. The van der Waals surface area contributed by atoms with Crippen LogP contribution in [0.15, 0.2) is 57.7 Å². The van der Waals surface area contributed by atoms with Crippen molar-refractivity contribution in [3.05, 3.63) is 70.5 Å². The van der Waals surface area contributed by atoms with Gasteiger partial charge in [-0.05, 0) is 47.4 Å². The largest absolute Gasteiger partial charge is 0.491 e. The highest BCUT2D eigenvalue weighted by molar-refractivity contribution is 5.51. The van der Waals surface area contributed by atoms with Gasteiger partial charge in [0.05, 0.1) is 6.54 Å². The SMILES string of the molecule is CC(C)(C)c1ccc(OC[C@H](O)Cn2nc(-c3ccc(F)cc3)oc2=O)cc1. The first-order chi connectivity index (χ1) is 13.2. The number of nitrogens with zero attached hydrogens (tertiary/aromatic N) is 2. The number of hydrogen-bond donors (Lipinski definition) is 1. The molecule has 1 N–H and O–H groups in total. The third kappa shape index (κ3) is 4.86. The highest BCUT2D eigenvalue weighted by Crippen LogP contribution is 2.24. The van der Waals surface area contributed by atoms with Crippen LogP contribution < -0.4 is 10.5 Å². The van der Waals surface area contributed by atoms with Gasteiger partial charge in [-0.2, -0.15) is 4.68 Å². The van der Waals surface area contributed by atoms with Crippen LogP contribution in [0, 0.1) is 5.82 Å². The van der Waals surface area contributed by atoms with E-state index in [0.717, 1.165) is 4.68 Å². The molecule has 3 rings (SSSR count). The summed E-state index contributed by atoms with van der Waals surface area (Å²) in [7, 11) is 0. The highest BCUT2D eigenvalue weighted by Gasteiger charge is 2.16. The highest BCUT2D eigenvalue weighted by atomic mass is 19.1. The molecule has 2 aromatic carbocycles. The Morgan fingerprint density at radius 1 is 1.14 bits per heavy atom. The first-order valence-electron chi connectivity index (χ1n) is 8.98. The minimum absolute atomic E-state index is 0.0000457. The average Bonchev–Trinajstić information content (AvgIpc) is 3.00. The van der Waals surface area contributed by atoms with Crippen LogP contribution >= 0.6 is 0 Å². The minimum atomic E-state index is -0.953. The van der Waals surface area contributed by atoms with Crippen molar-refractivity contribution in [3.63, 3.8) is 0 Å². The first-order valence-corrected chi connectivity index (χ1v) is 8.98. The number of hydrogen-bond acceptors (Lipinski definition) is 5. The molecular formula is C21H23FN2O4. The molecule has 1 atom stereocenters. The Balaban J connectivity index is 1.60. The Bertz CT molecular complexity index is 969. The molecule has 1 heterocycles. The van der Waals surface area contributed by atoms with Crippen molar-refractivity contribution in [2.75, 3.05) is 6.61 Å². The van der Waals surface area contributed by atoms with E-state index in [0.29, 0.717) is 11.3 Å². The Kier molecular flexibility index (Phi) is 5.65.